The maximum atomic E-state index is 11.9. The summed E-state index contributed by atoms with van der Waals surface area (Å²) in [4.78, 5) is 24.6. The van der Waals surface area contributed by atoms with Crippen molar-refractivity contribution >= 4 is 44.7 Å². The molecule has 0 aliphatic rings. The summed E-state index contributed by atoms with van der Waals surface area (Å²) < 4.78 is 0.659. The third kappa shape index (κ3) is 2.58. The summed E-state index contributed by atoms with van der Waals surface area (Å²) in [5.74, 6) is 1.90. The molecule has 0 unspecified atom stereocenters. The SMILES string of the molecule is O=c1[nH]c(CSc2n[nH]c(-c3cccs3)n2)nc2ccsc12. The molecule has 4 heterocycles. The number of hydrogen-bond donors (Lipinski definition) is 2. The Morgan fingerprint density at radius 1 is 1.18 bits per heavy atom. The van der Waals surface area contributed by atoms with Gasteiger partial charge in [0.1, 0.15) is 10.5 Å². The van der Waals surface area contributed by atoms with Crippen molar-refractivity contribution in [2.24, 2.45) is 0 Å². The van der Waals surface area contributed by atoms with Crippen molar-refractivity contribution < 1.29 is 0 Å². The zero-order chi connectivity index (χ0) is 14.9. The summed E-state index contributed by atoms with van der Waals surface area (Å²) in [6.45, 7) is 0. The van der Waals surface area contributed by atoms with Crippen molar-refractivity contribution in [3.05, 3.63) is 45.1 Å². The molecule has 0 aromatic carbocycles. The van der Waals surface area contributed by atoms with E-state index in [4.69, 9.17) is 0 Å². The van der Waals surface area contributed by atoms with Gasteiger partial charge < -0.3 is 4.98 Å². The van der Waals surface area contributed by atoms with Gasteiger partial charge in [-0.25, -0.2) is 9.97 Å². The van der Waals surface area contributed by atoms with E-state index in [1.165, 1.54) is 23.1 Å². The van der Waals surface area contributed by atoms with Gasteiger partial charge in [-0.2, -0.15) is 0 Å². The number of aromatic nitrogens is 5. The van der Waals surface area contributed by atoms with E-state index in [1.54, 1.807) is 11.3 Å². The van der Waals surface area contributed by atoms with E-state index in [0.717, 1.165) is 16.2 Å². The molecule has 4 aromatic heterocycles. The van der Waals surface area contributed by atoms with Crippen LogP contribution in [0.3, 0.4) is 0 Å². The van der Waals surface area contributed by atoms with Crippen LogP contribution in [0.15, 0.2) is 38.9 Å². The lowest BCUT2D eigenvalue weighted by Gasteiger charge is -1.98. The van der Waals surface area contributed by atoms with Crippen LogP contribution >= 0.6 is 34.4 Å². The second kappa shape index (κ2) is 5.67. The van der Waals surface area contributed by atoms with Crippen molar-refractivity contribution in [1.82, 2.24) is 25.1 Å². The van der Waals surface area contributed by atoms with Crippen molar-refractivity contribution in [2.45, 2.75) is 10.9 Å². The van der Waals surface area contributed by atoms with Gasteiger partial charge in [0.05, 0.1) is 16.1 Å². The highest BCUT2D eigenvalue weighted by molar-refractivity contribution is 7.98. The van der Waals surface area contributed by atoms with Crippen molar-refractivity contribution in [2.75, 3.05) is 0 Å². The largest absolute Gasteiger partial charge is 0.309 e. The lowest BCUT2D eigenvalue weighted by Crippen LogP contribution is -2.09. The molecule has 0 saturated carbocycles. The number of rotatable bonds is 4. The number of hydrogen-bond acceptors (Lipinski definition) is 7. The molecule has 22 heavy (non-hydrogen) atoms. The molecule has 4 aromatic rings. The molecule has 0 atom stereocenters. The lowest BCUT2D eigenvalue weighted by molar-refractivity contribution is 0.966. The van der Waals surface area contributed by atoms with Crippen LogP contribution < -0.4 is 5.56 Å². The van der Waals surface area contributed by atoms with Gasteiger partial charge in [-0.05, 0) is 22.9 Å². The van der Waals surface area contributed by atoms with Gasteiger partial charge in [0.2, 0.25) is 5.16 Å². The van der Waals surface area contributed by atoms with Crippen molar-refractivity contribution in [1.29, 1.82) is 0 Å². The van der Waals surface area contributed by atoms with Crippen LogP contribution in [-0.4, -0.2) is 25.1 Å². The fourth-order valence-electron chi connectivity index (χ4n) is 1.96. The van der Waals surface area contributed by atoms with Gasteiger partial charge in [-0.3, -0.25) is 9.89 Å². The number of nitrogens with one attached hydrogen (secondary N) is 2. The second-order valence-corrected chi connectivity index (χ2v) is 7.19. The molecular weight excluding hydrogens is 338 g/mol. The summed E-state index contributed by atoms with van der Waals surface area (Å²) in [5, 5.41) is 11.6. The first-order valence-electron chi connectivity index (χ1n) is 6.35. The molecule has 0 aliphatic carbocycles. The van der Waals surface area contributed by atoms with Crippen molar-refractivity contribution in [3.63, 3.8) is 0 Å². The topological polar surface area (TPSA) is 87.3 Å². The Morgan fingerprint density at radius 2 is 2.14 bits per heavy atom. The minimum absolute atomic E-state index is 0.0927. The zero-order valence-electron chi connectivity index (χ0n) is 11.1. The maximum Gasteiger partial charge on any atom is 0.268 e. The normalized spacial score (nSPS) is 11.3. The van der Waals surface area contributed by atoms with E-state index in [2.05, 4.69) is 25.1 Å². The predicted molar refractivity (Wildman–Crippen MR) is 89.5 cm³/mol. The summed E-state index contributed by atoms with van der Waals surface area (Å²) in [5.41, 5.74) is 0.642. The van der Waals surface area contributed by atoms with Gasteiger partial charge in [0, 0.05) is 0 Å². The Hall–Kier alpha value is -1.97. The first-order valence-corrected chi connectivity index (χ1v) is 9.09. The quantitative estimate of drug-likeness (QED) is 0.554. The van der Waals surface area contributed by atoms with E-state index in [-0.39, 0.29) is 5.56 Å². The zero-order valence-corrected chi connectivity index (χ0v) is 13.5. The number of H-pyrrole nitrogens is 2. The number of nitrogens with zero attached hydrogens (tertiary/aromatic N) is 3. The summed E-state index contributed by atoms with van der Waals surface area (Å²) in [6.07, 6.45) is 0. The third-order valence-corrected chi connectivity index (χ3v) is 5.56. The van der Waals surface area contributed by atoms with Gasteiger partial charge >= 0.3 is 0 Å². The number of aromatic amines is 2. The molecule has 2 N–H and O–H groups in total. The number of fused-ring (bicyclic) bond motifs is 1. The first kappa shape index (κ1) is 13.7. The Labute approximate surface area is 136 Å². The summed E-state index contributed by atoms with van der Waals surface area (Å²) in [7, 11) is 0. The molecule has 110 valence electrons. The maximum absolute atomic E-state index is 11.9. The second-order valence-electron chi connectivity index (χ2n) is 4.38. The van der Waals surface area contributed by atoms with E-state index < -0.39 is 0 Å². The highest BCUT2D eigenvalue weighted by atomic mass is 32.2. The fourth-order valence-corrected chi connectivity index (χ4v) is 4.02. The van der Waals surface area contributed by atoms with Crippen LogP contribution in [0.4, 0.5) is 0 Å². The third-order valence-electron chi connectivity index (χ3n) is 2.92. The molecule has 0 bridgehead atoms. The van der Waals surface area contributed by atoms with E-state index in [9.17, 15) is 4.79 Å². The average Bonchev–Trinajstić information content (AvgIpc) is 3.25. The van der Waals surface area contributed by atoms with E-state index in [1.807, 2.05) is 29.0 Å². The molecule has 9 heteroatoms. The van der Waals surface area contributed by atoms with Gasteiger partial charge in [0.25, 0.3) is 5.56 Å². The highest BCUT2D eigenvalue weighted by Gasteiger charge is 2.09. The molecule has 0 amide bonds. The molecule has 4 rings (SSSR count). The minimum Gasteiger partial charge on any atom is -0.309 e. The minimum atomic E-state index is -0.0927. The molecule has 0 radical (unpaired) electrons. The molecule has 0 aliphatic heterocycles. The number of thiophene rings is 2. The molecule has 6 nitrogen and oxygen atoms in total. The van der Waals surface area contributed by atoms with Crippen LogP contribution in [0, 0.1) is 0 Å². The standard InChI is InChI=1S/C13H9N5OS3/c19-12-10-7(3-5-21-10)14-9(15-12)6-22-13-16-11(17-18-13)8-2-1-4-20-8/h1-5H,6H2,(H,14,15,19)(H,16,17,18). The Morgan fingerprint density at radius 3 is 3.00 bits per heavy atom. The van der Waals surface area contributed by atoms with Gasteiger partial charge in [-0.1, -0.05) is 17.8 Å². The monoisotopic (exact) mass is 347 g/mol. The average molecular weight is 347 g/mol. The van der Waals surface area contributed by atoms with Crippen LogP contribution in [-0.2, 0) is 5.75 Å². The Bertz CT molecular complexity index is 969. The predicted octanol–water partition coefficient (Wildman–Crippen LogP) is 3.12. The van der Waals surface area contributed by atoms with Gasteiger partial charge in [0.15, 0.2) is 5.82 Å². The van der Waals surface area contributed by atoms with E-state index >= 15 is 0 Å². The summed E-state index contributed by atoms with van der Waals surface area (Å²) >= 11 is 4.44. The van der Waals surface area contributed by atoms with E-state index in [0.29, 0.717) is 21.4 Å². The summed E-state index contributed by atoms with van der Waals surface area (Å²) in [6, 6.07) is 5.81. The fraction of sp³-hybridized carbons (Fsp3) is 0.0769. The Balaban J connectivity index is 1.53. The first-order chi connectivity index (χ1) is 10.8. The number of thioether (sulfide) groups is 1. The highest BCUT2D eigenvalue weighted by Crippen LogP contribution is 2.24. The van der Waals surface area contributed by atoms with Crippen LogP contribution in [0.25, 0.3) is 20.9 Å². The Kier molecular flexibility index (Phi) is 3.53. The molecule has 0 fully saturated rings. The molecule has 0 spiro atoms. The molecular formula is C13H9N5OS3. The van der Waals surface area contributed by atoms with Crippen LogP contribution in [0.1, 0.15) is 5.82 Å². The smallest absolute Gasteiger partial charge is 0.268 e. The molecule has 0 saturated heterocycles. The van der Waals surface area contributed by atoms with Gasteiger partial charge in [-0.15, -0.1) is 27.8 Å². The van der Waals surface area contributed by atoms with Crippen molar-refractivity contribution in [3.8, 4) is 10.7 Å². The van der Waals surface area contributed by atoms with Crippen LogP contribution in [0.5, 0.6) is 0 Å². The van der Waals surface area contributed by atoms with Crippen LogP contribution in [0.2, 0.25) is 0 Å². The lowest BCUT2D eigenvalue weighted by atomic mass is 10.4.